The number of azo groups is 1. The molecule has 0 aromatic heterocycles. The van der Waals surface area contributed by atoms with Crippen molar-refractivity contribution in [1.82, 2.24) is 0 Å². The van der Waals surface area contributed by atoms with Gasteiger partial charge in [0.1, 0.15) is 6.61 Å². The van der Waals surface area contributed by atoms with Crippen molar-refractivity contribution in [2.75, 3.05) is 20.8 Å². The molecule has 1 aromatic rings. The fourth-order valence-electron chi connectivity index (χ4n) is 1.16. The summed E-state index contributed by atoms with van der Waals surface area (Å²) < 4.78 is 9.21. The number of carbonyl (C=O) groups excluding carboxylic acids is 1. The maximum Gasteiger partial charge on any atom is 0.362 e. The summed E-state index contributed by atoms with van der Waals surface area (Å²) in [6.45, 7) is -0.168. The van der Waals surface area contributed by atoms with E-state index in [-0.39, 0.29) is 18.1 Å². The van der Waals surface area contributed by atoms with Gasteiger partial charge in [-0.3, -0.25) is 0 Å². The maximum atomic E-state index is 11.4. The molecule has 0 atom stereocenters. The third-order valence-electron chi connectivity index (χ3n) is 2.01. The molecule has 0 fully saturated rings. The van der Waals surface area contributed by atoms with Crippen molar-refractivity contribution in [3.05, 3.63) is 40.7 Å². The molecule has 0 amide bonds. The van der Waals surface area contributed by atoms with Gasteiger partial charge in [0.25, 0.3) is 0 Å². The summed E-state index contributed by atoms with van der Waals surface area (Å²) in [6.07, 6.45) is 0. The van der Waals surface area contributed by atoms with Crippen molar-refractivity contribution < 1.29 is 19.4 Å². The number of ether oxygens (including phenoxy) is 2. The van der Waals surface area contributed by atoms with E-state index in [9.17, 15) is 9.90 Å². The van der Waals surface area contributed by atoms with Crippen LogP contribution in [0.25, 0.3) is 0 Å². The second-order valence-corrected chi connectivity index (χ2v) is 3.84. The summed E-state index contributed by atoms with van der Waals surface area (Å²) in [5.41, 5.74) is 0.128. The number of halogens is 1. The largest absolute Gasteiger partial charge is 0.507 e. The van der Waals surface area contributed by atoms with Crippen LogP contribution in [-0.4, -0.2) is 31.9 Å². The molecule has 19 heavy (non-hydrogen) atoms. The summed E-state index contributed by atoms with van der Waals surface area (Å²) in [5, 5.41) is 17.6. The van der Waals surface area contributed by atoms with Crippen molar-refractivity contribution in [2.24, 2.45) is 10.2 Å². The van der Waals surface area contributed by atoms with Crippen LogP contribution in [0, 0.1) is 0 Å². The smallest absolute Gasteiger partial charge is 0.362 e. The summed E-state index contributed by atoms with van der Waals surface area (Å²) in [7, 11) is 2.55. The number of hydrogen-bond acceptors (Lipinski definition) is 6. The number of hydrogen-bond donors (Lipinski definition) is 1. The van der Waals surface area contributed by atoms with Crippen LogP contribution in [0.4, 0.5) is 5.69 Å². The lowest BCUT2D eigenvalue weighted by Crippen LogP contribution is -2.08. The number of rotatable bonds is 5. The highest BCUT2D eigenvalue weighted by Crippen LogP contribution is 2.19. The van der Waals surface area contributed by atoms with Crippen LogP contribution in [0.15, 0.2) is 46.0 Å². The first-order chi connectivity index (χ1) is 9.08. The van der Waals surface area contributed by atoms with E-state index in [0.29, 0.717) is 10.7 Å². The molecule has 0 bridgehead atoms. The maximum absolute atomic E-state index is 11.4. The van der Waals surface area contributed by atoms with Gasteiger partial charge in [0.15, 0.2) is 5.76 Å². The van der Waals surface area contributed by atoms with E-state index < -0.39 is 5.97 Å². The van der Waals surface area contributed by atoms with Crippen LogP contribution in [0.3, 0.4) is 0 Å². The van der Waals surface area contributed by atoms with Crippen LogP contribution >= 0.6 is 11.6 Å². The van der Waals surface area contributed by atoms with Gasteiger partial charge in [0, 0.05) is 12.1 Å². The Labute approximate surface area is 115 Å². The minimum Gasteiger partial charge on any atom is -0.507 e. The Morgan fingerprint density at radius 1 is 1.42 bits per heavy atom. The fourth-order valence-corrected chi connectivity index (χ4v) is 1.35. The van der Waals surface area contributed by atoms with Crippen molar-refractivity contribution >= 4 is 23.3 Å². The SMILES string of the molecule is COCC(O)=C(N=Nc1cccc(Cl)c1)C(=O)OC. The van der Waals surface area contributed by atoms with Crippen LogP contribution in [0.5, 0.6) is 0 Å². The van der Waals surface area contributed by atoms with Gasteiger partial charge in [0.2, 0.25) is 5.70 Å². The summed E-state index contributed by atoms with van der Waals surface area (Å²) in [4.78, 5) is 11.4. The lowest BCUT2D eigenvalue weighted by atomic mass is 10.3. The van der Waals surface area contributed by atoms with Gasteiger partial charge in [0.05, 0.1) is 12.8 Å². The first-order valence-electron chi connectivity index (χ1n) is 5.25. The van der Waals surface area contributed by atoms with Crippen molar-refractivity contribution in [3.8, 4) is 0 Å². The third-order valence-corrected chi connectivity index (χ3v) is 2.24. The topological polar surface area (TPSA) is 80.5 Å². The molecule has 0 radical (unpaired) electrons. The molecule has 6 nitrogen and oxygen atoms in total. The molecule has 0 aliphatic carbocycles. The van der Waals surface area contributed by atoms with Crippen LogP contribution < -0.4 is 0 Å². The third kappa shape index (κ3) is 4.69. The van der Waals surface area contributed by atoms with E-state index >= 15 is 0 Å². The molecule has 7 heteroatoms. The second-order valence-electron chi connectivity index (χ2n) is 3.40. The minimum absolute atomic E-state index is 0.168. The van der Waals surface area contributed by atoms with E-state index in [1.54, 1.807) is 24.3 Å². The fraction of sp³-hybridized carbons (Fsp3) is 0.250. The zero-order chi connectivity index (χ0) is 14.3. The number of esters is 1. The highest BCUT2D eigenvalue weighted by atomic mass is 35.5. The predicted octanol–water partition coefficient (Wildman–Crippen LogP) is 3.01. The first kappa shape index (κ1) is 15.1. The Morgan fingerprint density at radius 2 is 2.16 bits per heavy atom. The molecule has 1 N–H and O–H groups in total. The number of aliphatic hydroxyl groups excluding tert-OH is 1. The average molecular weight is 285 g/mol. The number of methoxy groups -OCH3 is 2. The quantitative estimate of drug-likeness (QED) is 0.390. The first-order valence-corrected chi connectivity index (χ1v) is 5.63. The summed E-state index contributed by atoms with van der Waals surface area (Å²) in [6, 6.07) is 6.58. The van der Waals surface area contributed by atoms with Gasteiger partial charge in [-0.05, 0) is 18.2 Å². The van der Waals surface area contributed by atoms with Gasteiger partial charge in [-0.1, -0.05) is 17.7 Å². The van der Waals surface area contributed by atoms with Crippen LogP contribution in [-0.2, 0) is 14.3 Å². The Hall–Kier alpha value is -1.92. The molecule has 0 aliphatic heterocycles. The van der Waals surface area contributed by atoms with Crippen molar-refractivity contribution in [2.45, 2.75) is 0 Å². The standard InChI is InChI=1S/C12H13ClN2O4/c1-18-7-10(16)11(12(17)19-2)15-14-9-5-3-4-8(13)6-9/h3-6,16H,7H2,1-2H3. The van der Waals surface area contributed by atoms with Gasteiger partial charge in [-0.15, -0.1) is 5.11 Å². The highest BCUT2D eigenvalue weighted by molar-refractivity contribution is 6.30. The predicted molar refractivity (Wildman–Crippen MR) is 69.5 cm³/mol. The Bertz CT molecular complexity index is 514. The second kappa shape index (κ2) is 7.50. The van der Waals surface area contributed by atoms with Gasteiger partial charge in [-0.2, -0.15) is 5.11 Å². The minimum atomic E-state index is -0.805. The summed E-state index contributed by atoms with van der Waals surface area (Å²) >= 11 is 5.79. The molecule has 0 saturated heterocycles. The van der Waals surface area contributed by atoms with Crippen molar-refractivity contribution in [1.29, 1.82) is 0 Å². The number of benzene rings is 1. The highest BCUT2D eigenvalue weighted by Gasteiger charge is 2.15. The van der Waals surface area contributed by atoms with E-state index in [1.807, 2.05) is 0 Å². The molecule has 0 unspecified atom stereocenters. The van der Waals surface area contributed by atoms with E-state index in [4.69, 9.17) is 16.3 Å². The lowest BCUT2D eigenvalue weighted by molar-refractivity contribution is -0.136. The van der Waals surface area contributed by atoms with Gasteiger partial charge < -0.3 is 14.6 Å². The molecule has 0 aliphatic rings. The molecular formula is C12H13ClN2O4. The van der Waals surface area contributed by atoms with E-state index in [2.05, 4.69) is 15.0 Å². The molecular weight excluding hydrogens is 272 g/mol. The average Bonchev–Trinajstić information content (AvgIpc) is 2.39. The summed E-state index contributed by atoms with van der Waals surface area (Å²) in [5.74, 6) is -1.17. The molecule has 102 valence electrons. The Balaban J connectivity index is 3.01. The molecule has 0 spiro atoms. The van der Waals surface area contributed by atoms with Crippen LogP contribution in [0.2, 0.25) is 5.02 Å². The Morgan fingerprint density at radius 3 is 2.74 bits per heavy atom. The molecule has 1 rings (SSSR count). The zero-order valence-corrected chi connectivity index (χ0v) is 11.2. The van der Waals surface area contributed by atoms with Gasteiger partial charge >= 0.3 is 5.97 Å². The number of nitrogens with zero attached hydrogens (tertiary/aromatic N) is 2. The van der Waals surface area contributed by atoms with E-state index in [1.165, 1.54) is 14.2 Å². The van der Waals surface area contributed by atoms with E-state index in [0.717, 1.165) is 0 Å². The van der Waals surface area contributed by atoms with Crippen molar-refractivity contribution in [3.63, 3.8) is 0 Å². The lowest BCUT2D eigenvalue weighted by Gasteiger charge is -2.03. The van der Waals surface area contributed by atoms with Gasteiger partial charge in [-0.25, -0.2) is 4.79 Å². The molecule has 0 heterocycles. The zero-order valence-electron chi connectivity index (χ0n) is 10.5. The normalized spacial score (nSPS) is 12.4. The number of carbonyl (C=O) groups is 1. The molecule has 0 saturated carbocycles. The molecule has 1 aromatic carbocycles. The number of aliphatic hydroxyl groups is 1. The van der Waals surface area contributed by atoms with Crippen LogP contribution in [0.1, 0.15) is 0 Å². The Kier molecular flexibility index (Phi) is 5.98. The monoisotopic (exact) mass is 284 g/mol.